The van der Waals surface area contributed by atoms with Gasteiger partial charge in [-0.15, -0.1) is 13.2 Å². The number of benzene rings is 2. The zero-order valence-corrected chi connectivity index (χ0v) is 22.6. The molecule has 0 aliphatic heterocycles. The van der Waals surface area contributed by atoms with Gasteiger partial charge in [-0.3, -0.25) is 0 Å². The first-order valence-corrected chi connectivity index (χ1v) is 14.6. The van der Waals surface area contributed by atoms with Gasteiger partial charge in [-0.1, -0.05) is 72.9 Å². The topological polar surface area (TPSA) is 0 Å². The highest BCUT2D eigenvalue weighted by Crippen LogP contribution is 2.37. The maximum atomic E-state index is 15.0. The predicted molar refractivity (Wildman–Crippen MR) is 158 cm³/mol. The molecule has 0 heterocycles. The van der Waals surface area contributed by atoms with Crippen LogP contribution in [0.15, 0.2) is 92.1 Å². The van der Waals surface area contributed by atoms with Crippen molar-refractivity contribution in [3.63, 3.8) is 0 Å². The monoisotopic (exact) mass is 496 g/mol. The Morgan fingerprint density at radius 1 is 0.703 bits per heavy atom. The van der Waals surface area contributed by atoms with Crippen LogP contribution in [0, 0.1) is 23.6 Å². The Morgan fingerprint density at radius 2 is 1.32 bits per heavy atom. The van der Waals surface area contributed by atoms with E-state index in [2.05, 4.69) is 73.9 Å². The summed E-state index contributed by atoms with van der Waals surface area (Å²) in [5, 5.41) is 0. The molecule has 196 valence electrons. The van der Waals surface area contributed by atoms with Crippen LogP contribution in [0.5, 0.6) is 0 Å². The SMILES string of the molecule is C=CCC/C=C/C1CCC(/C=C/CCc2ccc(-c3ccc(C4CCC(C=C)CC4)cc3F)cc2)CC1. The molecule has 0 bridgehead atoms. The van der Waals surface area contributed by atoms with Gasteiger partial charge in [-0.25, -0.2) is 4.39 Å². The lowest BCUT2D eigenvalue weighted by Gasteiger charge is -2.27. The zero-order valence-electron chi connectivity index (χ0n) is 22.6. The molecular formula is C36H45F. The molecule has 0 amide bonds. The van der Waals surface area contributed by atoms with Gasteiger partial charge in [0, 0.05) is 5.56 Å². The molecule has 2 aromatic carbocycles. The van der Waals surface area contributed by atoms with Crippen LogP contribution < -0.4 is 0 Å². The molecule has 2 saturated carbocycles. The van der Waals surface area contributed by atoms with Crippen molar-refractivity contribution in [3.05, 3.63) is 109 Å². The summed E-state index contributed by atoms with van der Waals surface area (Å²) in [6, 6.07) is 14.4. The number of halogens is 1. The molecule has 2 fully saturated rings. The van der Waals surface area contributed by atoms with Crippen LogP contribution >= 0.6 is 0 Å². The lowest BCUT2D eigenvalue weighted by atomic mass is 9.78. The van der Waals surface area contributed by atoms with Crippen molar-refractivity contribution < 1.29 is 4.39 Å². The van der Waals surface area contributed by atoms with E-state index in [0.29, 0.717) is 17.4 Å². The molecule has 2 aliphatic rings. The standard InChI is InChI=1S/C36H45F/c1-3-5-6-7-10-29-13-15-30(16-14-29)11-8-9-12-31-19-23-33(24-20-31)35-26-25-34(27-36(35)37)32-21-17-28(4-2)18-22-32/h3-4,7-8,10-11,19-20,23-30,32H,1-2,5-6,9,12-18,21-22H2/b10-7+,11-8+. The molecule has 0 unspecified atom stereocenters. The van der Waals surface area contributed by atoms with E-state index in [1.54, 1.807) is 6.07 Å². The van der Waals surface area contributed by atoms with E-state index < -0.39 is 0 Å². The Balaban J connectivity index is 1.22. The molecule has 0 saturated heterocycles. The Hall–Kier alpha value is -2.67. The first-order chi connectivity index (χ1) is 18.2. The average Bonchev–Trinajstić information content (AvgIpc) is 2.94. The quantitative estimate of drug-likeness (QED) is 0.214. The van der Waals surface area contributed by atoms with E-state index in [4.69, 9.17) is 0 Å². The summed E-state index contributed by atoms with van der Waals surface area (Å²) in [5.74, 6) is 2.53. The molecule has 0 N–H and O–H groups in total. The van der Waals surface area contributed by atoms with Crippen molar-refractivity contribution in [2.45, 2.75) is 83.0 Å². The molecule has 0 nitrogen and oxygen atoms in total. The van der Waals surface area contributed by atoms with E-state index in [1.165, 1.54) is 44.1 Å². The lowest BCUT2D eigenvalue weighted by Crippen LogP contribution is -2.11. The van der Waals surface area contributed by atoms with Crippen molar-refractivity contribution in [3.8, 4) is 11.1 Å². The first kappa shape index (κ1) is 27.4. The summed E-state index contributed by atoms with van der Waals surface area (Å²) in [5.41, 5.74) is 4.15. The van der Waals surface area contributed by atoms with Crippen molar-refractivity contribution in [1.29, 1.82) is 0 Å². The first-order valence-electron chi connectivity index (χ1n) is 14.6. The van der Waals surface area contributed by atoms with Gasteiger partial charge in [0.25, 0.3) is 0 Å². The van der Waals surface area contributed by atoms with Gasteiger partial charge in [-0.05, 0) is 123 Å². The Kier molecular flexibility index (Phi) is 10.6. The minimum absolute atomic E-state index is 0.0963. The fourth-order valence-electron chi connectivity index (χ4n) is 6.13. The van der Waals surface area contributed by atoms with Gasteiger partial charge in [0.1, 0.15) is 5.82 Å². The second kappa shape index (κ2) is 14.3. The molecule has 1 heteroatoms. The highest BCUT2D eigenvalue weighted by atomic mass is 19.1. The van der Waals surface area contributed by atoms with E-state index in [-0.39, 0.29) is 5.82 Å². The van der Waals surface area contributed by atoms with Crippen molar-refractivity contribution in [2.24, 2.45) is 17.8 Å². The minimum Gasteiger partial charge on any atom is -0.206 e. The number of rotatable bonds is 11. The van der Waals surface area contributed by atoms with Gasteiger partial charge < -0.3 is 0 Å². The van der Waals surface area contributed by atoms with E-state index >= 15 is 4.39 Å². The van der Waals surface area contributed by atoms with Crippen molar-refractivity contribution >= 4 is 0 Å². The highest BCUT2D eigenvalue weighted by Gasteiger charge is 2.21. The third kappa shape index (κ3) is 8.16. The Morgan fingerprint density at radius 3 is 1.92 bits per heavy atom. The summed E-state index contributed by atoms with van der Waals surface area (Å²) in [6.07, 6.45) is 27.8. The molecule has 2 aromatic rings. The fourth-order valence-corrected chi connectivity index (χ4v) is 6.13. The predicted octanol–water partition coefficient (Wildman–Crippen LogP) is 10.8. The minimum atomic E-state index is -0.0963. The van der Waals surface area contributed by atoms with Gasteiger partial charge in [0.15, 0.2) is 0 Å². The van der Waals surface area contributed by atoms with Crippen LogP contribution in [0.3, 0.4) is 0 Å². The number of unbranched alkanes of at least 4 members (excludes halogenated alkanes) is 1. The summed E-state index contributed by atoms with van der Waals surface area (Å²) in [6.45, 7) is 7.73. The maximum absolute atomic E-state index is 15.0. The van der Waals surface area contributed by atoms with Crippen molar-refractivity contribution in [1.82, 2.24) is 0 Å². The van der Waals surface area contributed by atoms with Crippen molar-refractivity contribution in [2.75, 3.05) is 0 Å². The second-order valence-corrected chi connectivity index (χ2v) is 11.2. The molecule has 37 heavy (non-hydrogen) atoms. The van der Waals surface area contributed by atoms with E-state index in [0.717, 1.165) is 61.5 Å². The van der Waals surface area contributed by atoms with E-state index in [1.807, 2.05) is 12.1 Å². The number of hydrogen-bond acceptors (Lipinski definition) is 0. The van der Waals surface area contributed by atoms with Crippen LogP contribution in [-0.2, 0) is 6.42 Å². The van der Waals surface area contributed by atoms with Crippen LogP contribution in [0.1, 0.15) is 87.7 Å². The normalized spacial score (nSPS) is 24.5. The molecule has 0 aromatic heterocycles. The average molecular weight is 497 g/mol. The van der Waals surface area contributed by atoms with Crippen LogP contribution in [-0.4, -0.2) is 0 Å². The molecule has 2 aliphatic carbocycles. The van der Waals surface area contributed by atoms with Crippen LogP contribution in [0.25, 0.3) is 11.1 Å². The van der Waals surface area contributed by atoms with Crippen LogP contribution in [0.2, 0.25) is 0 Å². The van der Waals surface area contributed by atoms with Gasteiger partial charge >= 0.3 is 0 Å². The smallest absolute Gasteiger partial charge is 0.131 e. The Bertz CT molecular complexity index is 1040. The summed E-state index contributed by atoms with van der Waals surface area (Å²) < 4.78 is 15.0. The lowest BCUT2D eigenvalue weighted by molar-refractivity contribution is 0.355. The summed E-state index contributed by atoms with van der Waals surface area (Å²) in [7, 11) is 0. The molecule has 4 rings (SSSR count). The van der Waals surface area contributed by atoms with Gasteiger partial charge in [-0.2, -0.15) is 0 Å². The third-order valence-corrected chi connectivity index (χ3v) is 8.60. The molecular weight excluding hydrogens is 451 g/mol. The number of aryl methyl sites for hydroxylation is 1. The molecule has 0 atom stereocenters. The molecule has 0 spiro atoms. The zero-order chi connectivity index (χ0) is 25.9. The number of allylic oxidation sites excluding steroid dienone is 6. The largest absolute Gasteiger partial charge is 0.206 e. The van der Waals surface area contributed by atoms with Crippen LogP contribution in [0.4, 0.5) is 4.39 Å². The second-order valence-electron chi connectivity index (χ2n) is 11.2. The molecule has 0 radical (unpaired) electrons. The third-order valence-electron chi connectivity index (χ3n) is 8.60. The fraction of sp³-hybridized carbons (Fsp3) is 0.444. The Labute approximate surface area is 225 Å². The highest BCUT2D eigenvalue weighted by molar-refractivity contribution is 5.65. The van der Waals surface area contributed by atoms with Gasteiger partial charge in [0.2, 0.25) is 0 Å². The number of hydrogen-bond donors (Lipinski definition) is 0. The maximum Gasteiger partial charge on any atom is 0.131 e. The summed E-state index contributed by atoms with van der Waals surface area (Å²) >= 11 is 0. The summed E-state index contributed by atoms with van der Waals surface area (Å²) in [4.78, 5) is 0. The van der Waals surface area contributed by atoms with E-state index in [9.17, 15) is 0 Å². The van der Waals surface area contributed by atoms with Gasteiger partial charge in [0.05, 0.1) is 0 Å².